The first-order valence-electron chi connectivity index (χ1n) is 5.22. The SMILES string of the molecule is Clc1nc(NC2CCCCCC2)cs1. The summed E-state index contributed by atoms with van der Waals surface area (Å²) >= 11 is 7.27. The summed E-state index contributed by atoms with van der Waals surface area (Å²) in [5, 5.41) is 5.45. The van der Waals surface area contributed by atoms with Crippen molar-refractivity contribution in [2.24, 2.45) is 0 Å². The van der Waals surface area contributed by atoms with E-state index in [0.29, 0.717) is 10.5 Å². The van der Waals surface area contributed by atoms with Gasteiger partial charge in [0.15, 0.2) is 4.47 Å². The highest BCUT2D eigenvalue weighted by Gasteiger charge is 2.12. The van der Waals surface area contributed by atoms with Crippen LogP contribution in [0, 0.1) is 0 Å². The molecule has 0 saturated heterocycles. The maximum Gasteiger partial charge on any atom is 0.185 e. The van der Waals surface area contributed by atoms with Crippen LogP contribution in [0.4, 0.5) is 5.82 Å². The predicted octanol–water partition coefficient (Wildman–Crippen LogP) is 3.93. The second-order valence-corrected chi connectivity index (χ2v) is 5.26. The molecule has 1 saturated carbocycles. The van der Waals surface area contributed by atoms with Gasteiger partial charge in [0.2, 0.25) is 0 Å². The molecule has 1 fully saturated rings. The molecule has 1 aliphatic rings. The number of hydrogen-bond acceptors (Lipinski definition) is 3. The standard InChI is InChI=1S/C10H15ClN2S/c11-10-13-9(7-14-10)12-8-5-3-1-2-4-6-8/h7-8,12H,1-6H2. The van der Waals surface area contributed by atoms with E-state index in [1.807, 2.05) is 5.38 Å². The number of halogens is 1. The van der Waals surface area contributed by atoms with Gasteiger partial charge < -0.3 is 5.32 Å². The number of thiazole rings is 1. The minimum atomic E-state index is 0.607. The molecule has 0 spiro atoms. The van der Waals surface area contributed by atoms with E-state index in [0.717, 1.165) is 5.82 Å². The third-order valence-electron chi connectivity index (χ3n) is 2.68. The number of rotatable bonds is 2. The van der Waals surface area contributed by atoms with Gasteiger partial charge in [0.05, 0.1) is 0 Å². The van der Waals surface area contributed by atoms with Crippen molar-refractivity contribution in [2.45, 2.75) is 44.6 Å². The Morgan fingerprint density at radius 3 is 2.57 bits per heavy atom. The molecule has 4 heteroatoms. The van der Waals surface area contributed by atoms with Crippen LogP contribution in [0.3, 0.4) is 0 Å². The van der Waals surface area contributed by atoms with Crippen LogP contribution >= 0.6 is 22.9 Å². The summed E-state index contributed by atoms with van der Waals surface area (Å²) < 4.78 is 0.626. The quantitative estimate of drug-likeness (QED) is 0.779. The van der Waals surface area contributed by atoms with E-state index in [-0.39, 0.29) is 0 Å². The van der Waals surface area contributed by atoms with Crippen LogP contribution in [0.25, 0.3) is 0 Å². The fourth-order valence-corrected chi connectivity index (χ4v) is 2.66. The Balaban J connectivity index is 1.89. The summed E-state index contributed by atoms with van der Waals surface area (Å²) in [5.74, 6) is 0.951. The lowest BCUT2D eigenvalue weighted by Gasteiger charge is -2.15. The average molecular weight is 231 g/mol. The molecule has 1 heterocycles. The molecule has 1 N–H and O–H groups in total. The third kappa shape index (κ3) is 2.85. The van der Waals surface area contributed by atoms with Crippen LogP contribution in [-0.2, 0) is 0 Å². The van der Waals surface area contributed by atoms with E-state index in [1.54, 1.807) is 0 Å². The summed E-state index contributed by atoms with van der Waals surface area (Å²) in [4.78, 5) is 4.21. The zero-order valence-corrected chi connectivity index (χ0v) is 9.70. The second-order valence-electron chi connectivity index (χ2n) is 3.82. The number of hydrogen-bond donors (Lipinski definition) is 1. The Morgan fingerprint density at radius 1 is 1.29 bits per heavy atom. The largest absolute Gasteiger partial charge is 0.367 e. The summed E-state index contributed by atoms with van der Waals surface area (Å²) in [7, 11) is 0. The van der Waals surface area contributed by atoms with Gasteiger partial charge in [-0.05, 0) is 12.8 Å². The first kappa shape index (κ1) is 10.2. The maximum absolute atomic E-state index is 5.78. The highest BCUT2D eigenvalue weighted by atomic mass is 35.5. The normalized spacial score (nSPS) is 19.2. The molecule has 0 bridgehead atoms. The van der Waals surface area contributed by atoms with Gasteiger partial charge in [-0.3, -0.25) is 0 Å². The lowest BCUT2D eigenvalue weighted by Crippen LogP contribution is -2.18. The Bertz CT molecular complexity index is 279. The smallest absolute Gasteiger partial charge is 0.185 e. The monoisotopic (exact) mass is 230 g/mol. The molecular formula is C10H15ClN2S. The summed E-state index contributed by atoms with van der Waals surface area (Å²) in [5.41, 5.74) is 0. The van der Waals surface area contributed by atoms with Gasteiger partial charge in [-0.1, -0.05) is 37.3 Å². The highest BCUT2D eigenvalue weighted by molar-refractivity contribution is 7.14. The fourth-order valence-electron chi connectivity index (χ4n) is 1.95. The molecule has 2 rings (SSSR count). The average Bonchev–Trinajstić information content (AvgIpc) is 2.43. The molecule has 0 aromatic carbocycles. The van der Waals surface area contributed by atoms with Crippen molar-refractivity contribution in [3.05, 3.63) is 9.85 Å². The summed E-state index contributed by atoms with van der Waals surface area (Å²) in [6, 6.07) is 0.607. The topological polar surface area (TPSA) is 24.9 Å². The lowest BCUT2D eigenvalue weighted by molar-refractivity contribution is 0.618. The number of aromatic nitrogens is 1. The van der Waals surface area contributed by atoms with Crippen LogP contribution in [0.2, 0.25) is 4.47 Å². The van der Waals surface area contributed by atoms with Crippen molar-refractivity contribution in [3.63, 3.8) is 0 Å². The molecule has 1 aromatic rings. The third-order valence-corrected chi connectivity index (χ3v) is 3.66. The van der Waals surface area contributed by atoms with Crippen LogP contribution in [0.5, 0.6) is 0 Å². The zero-order chi connectivity index (χ0) is 9.80. The molecule has 78 valence electrons. The minimum absolute atomic E-state index is 0.607. The number of nitrogens with one attached hydrogen (secondary N) is 1. The van der Waals surface area contributed by atoms with E-state index < -0.39 is 0 Å². The molecule has 0 radical (unpaired) electrons. The van der Waals surface area contributed by atoms with Crippen LogP contribution in [0.15, 0.2) is 5.38 Å². The van der Waals surface area contributed by atoms with E-state index >= 15 is 0 Å². The molecule has 2 nitrogen and oxygen atoms in total. The van der Waals surface area contributed by atoms with Crippen LogP contribution in [-0.4, -0.2) is 11.0 Å². The van der Waals surface area contributed by atoms with Crippen LogP contribution < -0.4 is 5.32 Å². The Morgan fingerprint density at radius 2 is 2.00 bits per heavy atom. The van der Waals surface area contributed by atoms with Gasteiger partial charge in [0, 0.05) is 11.4 Å². The summed E-state index contributed by atoms with van der Waals surface area (Å²) in [6.45, 7) is 0. The van der Waals surface area contributed by atoms with E-state index in [9.17, 15) is 0 Å². The van der Waals surface area contributed by atoms with Crippen molar-refractivity contribution in [3.8, 4) is 0 Å². The molecule has 1 aromatic heterocycles. The Kier molecular flexibility index (Phi) is 3.65. The van der Waals surface area contributed by atoms with Crippen molar-refractivity contribution in [1.29, 1.82) is 0 Å². The van der Waals surface area contributed by atoms with E-state index in [1.165, 1.54) is 49.9 Å². The van der Waals surface area contributed by atoms with Gasteiger partial charge in [0.1, 0.15) is 5.82 Å². The van der Waals surface area contributed by atoms with Crippen molar-refractivity contribution in [1.82, 2.24) is 4.98 Å². The fraction of sp³-hybridized carbons (Fsp3) is 0.700. The Labute approximate surface area is 93.7 Å². The molecule has 1 aliphatic carbocycles. The molecule has 0 amide bonds. The number of nitrogens with zero attached hydrogens (tertiary/aromatic N) is 1. The van der Waals surface area contributed by atoms with Crippen molar-refractivity contribution < 1.29 is 0 Å². The van der Waals surface area contributed by atoms with Gasteiger partial charge >= 0.3 is 0 Å². The zero-order valence-electron chi connectivity index (χ0n) is 8.13. The van der Waals surface area contributed by atoms with Gasteiger partial charge in [-0.15, -0.1) is 11.3 Å². The van der Waals surface area contributed by atoms with E-state index in [4.69, 9.17) is 11.6 Å². The molecule has 14 heavy (non-hydrogen) atoms. The number of anilines is 1. The molecule has 0 unspecified atom stereocenters. The van der Waals surface area contributed by atoms with E-state index in [2.05, 4.69) is 10.3 Å². The van der Waals surface area contributed by atoms with Gasteiger partial charge in [-0.25, -0.2) is 4.98 Å². The van der Waals surface area contributed by atoms with Crippen LogP contribution in [0.1, 0.15) is 38.5 Å². The first-order chi connectivity index (χ1) is 6.84. The van der Waals surface area contributed by atoms with Crippen molar-refractivity contribution >= 4 is 28.8 Å². The maximum atomic E-state index is 5.78. The predicted molar refractivity (Wildman–Crippen MR) is 62.2 cm³/mol. The van der Waals surface area contributed by atoms with Gasteiger partial charge in [-0.2, -0.15) is 0 Å². The molecule has 0 atom stereocenters. The summed E-state index contributed by atoms with van der Waals surface area (Å²) in [6.07, 6.45) is 8.00. The Hall–Kier alpha value is -0.280. The molecular weight excluding hydrogens is 216 g/mol. The first-order valence-corrected chi connectivity index (χ1v) is 6.48. The second kappa shape index (κ2) is 4.99. The molecule has 0 aliphatic heterocycles. The highest BCUT2D eigenvalue weighted by Crippen LogP contribution is 2.23. The van der Waals surface area contributed by atoms with Gasteiger partial charge in [0.25, 0.3) is 0 Å². The minimum Gasteiger partial charge on any atom is -0.367 e. The van der Waals surface area contributed by atoms with Crippen molar-refractivity contribution in [2.75, 3.05) is 5.32 Å². The lowest BCUT2D eigenvalue weighted by atomic mass is 10.1.